The first-order valence-electron chi connectivity index (χ1n) is 5.64. The van der Waals surface area contributed by atoms with Gasteiger partial charge in [-0.25, -0.2) is 4.98 Å². The molecule has 1 aromatic carbocycles. The highest BCUT2D eigenvalue weighted by Gasteiger charge is 2.16. The fourth-order valence-corrected chi connectivity index (χ4v) is 2.33. The fraction of sp³-hybridized carbons (Fsp3) is 0.250. The number of benzene rings is 1. The number of ether oxygens (including phenoxy) is 1. The molecule has 0 spiro atoms. The molecule has 0 atom stereocenters. The Morgan fingerprint density at radius 3 is 3.00 bits per heavy atom. The number of nitrogens with one attached hydrogen (secondary N) is 1. The van der Waals surface area contributed by atoms with Gasteiger partial charge in [-0.3, -0.25) is 10.1 Å². The zero-order valence-electron chi connectivity index (χ0n) is 10.3. The number of para-hydroxylation sites is 1. The second-order valence-electron chi connectivity index (χ2n) is 3.73. The monoisotopic (exact) mass is 279 g/mol. The summed E-state index contributed by atoms with van der Waals surface area (Å²) in [5.74, 6) is 0. The van der Waals surface area contributed by atoms with Gasteiger partial charge in [0, 0.05) is 25.1 Å². The van der Waals surface area contributed by atoms with Crippen molar-refractivity contribution in [2.75, 3.05) is 25.6 Å². The van der Waals surface area contributed by atoms with Gasteiger partial charge in [-0.2, -0.15) is 0 Å². The van der Waals surface area contributed by atoms with Crippen molar-refractivity contribution in [2.24, 2.45) is 0 Å². The van der Waals surface area contributed by atoms with Crippen LogP contribution < -0.4 is 5.32 Å². The average Bonchev–Trinajstić information content (AvgIpc) is 2.88. The van der Waals surface area contributed by atoms with Crippen LogP contribution in [0.25, 0.3) is 11.3 Å². The van der Waals surface area contributed by atoms with Gasteiger partial charge in [0.25, 0.3) is 5.69 Å². The van der Waals surface area contributed by atoms with E-state index in [4.69, 9.17) is 4.74 Å². The van der Waals surface area contributed by atoms with E-state index in [2.05, 4.69) is 10.3 Å². The molecule has 1 heterocycles. The van der Waals surface area contributed by atoms with Gasteiger partial charge in [-0.15, -0.1) is 11.3 Å². The first-order valence-corrected chi connectivity index (χ1v) is 6.52. The van der Waals surface area contributed by atoms with Crippen LogP contribution >= 0.6 is 11.3 Å². The topological polar surface area (TPSA) is 77.3 Å². The molecule has 0 amide bonds. The molecule has 0 unspecified atom stereocenters. The number of hydrogen-bond donors (Lipinski definition) is 1. The SMILES string of the molecule is COCCNc1nc(-c2ccccc2[N+](=O)[O-])cs1. The van der Waals surface area contributed by atoms with E-state index in [1.807, 2.05) is 0 Å². The molecule has 0 saturated heterocycles. The number of aromatic nitrogens is 1. The Morgan fingerprint density at radius 2 is 2.26 bits per heavy atom. The van der Waals surface area contributed by atoms with Crippen molar-refractivity contribution in [1.82, 2.24) is 4.98 Å². The summed E-state index contributed by atoms with van der Waals surface area (Å²) in [4.78, 5) is 14.9. The normalized spacial score (nSPS) is 10.4. The van der Waals surface area contributed by atoms with Gasteiger partial charge in [-0.1, -0.05) is 12.1 Å². The van der Waals surface area contributed by atoms with E-state index >= 15 is 0 Å². The van der Waals surface area contributed by atoms with Gasteiger partial charge in [0.15, 0.2) is 5.13 Å². The van der Waals surface area contributed by atoms with Crippen LogP contribution in [0.2, 0.25) is 0 Å². The summed E-state index contributed by atoms with van der Waals surface area (Å²) in [5, 5.41) is 16.6. The van der Waals surface area contributed by atoms with E-state index in [-0.39, 0.29) is 5.69 Å². The molecule has 1 aromatic heterocycles. The van der Waals surface area contributed by atoms with E-state index < -0.39 is 4.92 Å². The van der Waals surface area contributed by atoms with E-state index in [0.717, 1.165) is 5.13 Å². The van der Waals surface area contributed by atoms with Gasteiger partial charge >= 0.3 is 0 Å². The molecule has 0 fully saturated rings. The Morgan fingerprint density at radius 1 is 1.47 bits per heavy atom. The van der Waals surface area contributed by atoms with E-state index in [1.54, 1.807) is 30.7 Å². The first-order chi connectivity index (χ1) is 9.22. The van der Waals surface area contributed by atoms with Crippen LogP contribution in [0.5, 0.6) is 0 Å². The number of thiazole rings is 1. The molecule has 0 aliphatic carbocycles. The minimum Gasteiger partial charge on any atom is -0.383 e. The average molecular weight is 279 g/mol. The van der Waals surface area contributed by atoms with Crippen molar-refractivity contribution < 1.29 is 9.66 Å². The van der Waals surface area contributed by atoms with Crippen molar-refractivity contribution in [3.63, 3.8) is 0 Å². The summed E-state index contributed by atoms with van der Waals surface area (Å²) in [7, 11) is 1.63. The summed E-state index contributed by atoms with van der Waals surface area (Å²) in [5.41, 5.74) is 1.21. The second-order valence-corrected chi connectivity index (χ2v) is 4.59. The van der Waals surface area contributed by atoms with E-state index in [9.17, 15) is 10.1 Å². The summed E-state index contributed by atoms with van der Waals surface area (Å²) >= 11 is 1.41. The minimum absolute atomic E-state index is 0.0660. The Labute approximate surface area is 114 Å². The number of hydrogen-bond acceptors (Lipinski definition) is 6. The predicted octanol–water partition coefficient (Wildman–Crippen LogP) is 2.78. The highest BCUT2D eigenvalue weighted by Crippen LogP contribution is 2.31. The molecule has 0 saturated carbocycles. The largest absolute Gasteiger partial charge is 0.383 e. The Hall–Kier alpha value is -1.99. The summed E-state index contributed by atoms with van der Waals surface area (Å²) in [6.45, 7) is 1.24. The quantitative estimate of drug-likeness (QED) is 0.500. The van der Waals surface area contributed by atoms with Crippen LogP contribution in [0, 0.1) is 10.1 Å². The predicted molar refractivity (Wildman–Crippen MR) is 74.6 cm³/mol. The molecular formula is C12H13N3O3S. The highest BCUT2D eigenvalue weighted by atomic mass is 32.1. The van der Waals surface area contributed by atoms with Crippen LogP contribution in [-0.4, -0.2) is 30.2 Å². The van der Waals surface area contributed by atoms with Crippen LogP contribution in [0.1, 0.15) is 0 Å². The highest BCUT2D eigenvalue weighted by molar-refractivity contribution is 7.14. The van der Waals surface area contributed by atoms with Crippen LogP contribution in [0.4, 0.5) is 10.8 Å². The van der Waals surface area contributed by atoms with Crippen LogP contribution in [-0.2, 0) is 4.74 Å². The van der Waals surface area contributed by atoms with E-state index in [1.165, 1.54) is 17.4 Å². The number of anilines is 1. The Balaban J connectivity index is 2.21. The van der Waals surface area contributed by atoms with E-state index in [0.29, 0.717) is 24.4 Å². The maximum atomic E-state index is 11.0. The zero-order chi connectivity index (χ0) is 13.7. The summed E-state index contributed by atoms with van der Waals surface area (Å²) in [6, 6.07) is 6.59. The summed E-state index contributed by atoms with van der Waals surface area (Å²) < 4.78 is 4.93. The van der Waals surface area contributed by atoms with Crippen molar-refractivity contribution in [2.45, 2.75) is 0 Å². The molecule has 7 heteroatoms. The molecule has 100 valence electrons. The summed E-state index contributed by atoms with van der Waals surface area (Å²) in [6.07, 6.45) is 0. The minimum atomic E-state index is -0.396. The molecule has 0 aliphatic rings. The standard InChI is InChI=1S/C12H13N3O3S/c1-18-7-6-13-12-14-10(8-19-12)9-4-2-3-5-11(9)15(16)17/h2-5,8H,6-7H2,1H3,(H,13,14). The van der Waals surface area contributed by atoms with Gasteiger partial charge in [0.05, 0.1) is 22.8 Å². The number of rotatable bonds is 6. The van der Waals surface area contributed by atoms with Crippen molar-refractivity contribution in [3.05, 3.63) is 39.8 Å². The van der Waals surface area contributed by atoms with Crippen LogP contribution in [0.3, 0.4) is 0 Å². The smallest absolute Gasteiger partial charge is 0.278 e. The lowest BCUT2D eigenvalue weighted by Gasteiger charge is -2.00. The second kappa shape index (κ2) is 6.26. The maximum absolute atomic E-state index is 11.0. The molecule has 0 bridgehead atoms. The Bertz CT molecular complexity index is 571. The van der Waals surface area contributed by atoms with Crippen molar-refractivity contribution >= 4 is 22.2 Å². The molecule has 6 nitrogen and oxygen atoms in total. The molecule has 2 aromatic rings. The van der Waals surface area contributed by atoms with Crippen LogP contribution in [0.15, 0.2) is 29.6 Å². The lowest BCUT2D eigenvalue weighted by atomic mass is 10.1. The van der Waals surface area contributed by atoms with Gasteiger partial charge in [0.1, 0.15) is 0 Å². The zero-order valence-corrected chi connectivity index (χ0v) is 11.1. The van der Waals surface area contributed by atoms with Gasteiger partial charge < -0.3 is 10.1 Å². The molecule has 0 aliphatic heterocycles. The molecular weight excluding hydrogens is 266 g/mol. The third-order valence-corrected chi connectivity index (χ3v) is 3.26. The third kappa shape index (κ3) is 3.27. The number of methoxy groups -OCH3 is 1. The van der Waals surface area contributed by atoms with Gasteiger partial charge in [0.2, 0.25) is 0 Å². The van der Waals surface area contributed by atoms with Crippen molar-refractivity contribution in [3.8, 4) is 11.3 Å². The molecule has 19 heavy (non-hydrogen) atoms. The number of nitrogens with zero attached hydrogens (tertiary/aromatic N) is 2. The Kier molecular flexibility index (Phi) is 4.43. The molecule has 0 radical (unpaired) electrons. The molecule has 1 N–H and O–H groups in total. The fourth-order valence-electron chi connectivity index (χ4n) is 1.59. The van der Waals surface area contributed by atoms with Crippen molar-refractivity contribution in [1.29, 1.82) is 0 Å². The maximum Gasteiger partial charge on any atom is 0.278 e. The third-order valence-electron chi connectivity index (χ3n) is 2.46. The molecule has 2 rings (SSSR count). The number of nitro benzene ring substituents is 1. The lowest BCUT2D eigenvalue weighted by molar-refractivity contribution is -0.384. The van der Waals surface area contributed by atoms with Gasteiger partial charge in [-0.05, 0) is 6.07 Å². The first kappa shape index (κ1) is 13.4. The lowest BCUT2D eigenvalue weighted by Crippen LogP contribution is -2.07. The number of nitro groups is 1.